The monoisotopic (exact) mass is 372 g/mol. The van der Waals surface area contributed by atoms with Gasteiger partial charge in [0.15, 0.2) is 0 Å². The van der Waals surface area contributed by atoms with Gasteiger partial charge in [0.2, 0.25) is 0 Å². The van der Waals surface area contributed by atoms with E-state index in [4.69, 9.17) is 5.26 Å². The van der Waals surface area contributed by atoms with Gasteiger partial charge >= 0.3 is 0 Å². The molecule has 2 aromatic heterocycles. The van der Waals surface area contributed by atoms with Crippen molar-refractivity contribution in [3.8, 4) is 16.0 Å². The summed E-state index contributed by atoms with van der Waals surface area (Å²) in [5.74, 6) is -0.774. The minimum absolute atomic E-state index is 0.0307. The number of carbonyl (C=O) groups excluding carboxylic acids is 1. The van der Waals surface area contributed by atoms with Crippen molar-refractivity contribution in [3.63, 3.8) is 0 Å². The highest BCUT2D eigenvalue weighted by molar-refractivity contribution is 7.21. The molecule has 0 aliphatic rings. The Morgan fingerprint density at radius 1 is 1.28 bits per heavy atom. The second kappa shape index (κ2) is 7.88. The van der Waals surface area contributed by atoms with E-state index in [1.165, 1.54) is 23.5 Å². The molecule has 0 radical (unpaired) electrons. The Balaban J connectivity index is 1.52. The highest BCUT2D eigenvalue weighted by Gasteiger charge is 2.12. The molecule has 2 N–H and O–H groups in total. The summed E-state index contributed by atoms with van der Waals surface area (Å²) in [4.78, 5) is 18.0. The van der Waals surface area contributed by atoms with Crippen LogP contribution in [-0.4, -0.2) is 24.0 Å². The Morgan fingerprint density at radius 3 is 2.92 bits per heavy atom. The van der Waals surface area contributed by atoms with Gasteiger partial charge in [-0.2, -0.15) is 5.26 Å². The van der Waals surface area contributed by atoms with Crippen LogP contribution >= 0.6 is 22.7 Å². The fourth-order valence-electron chi connectivity index (χ4n) is 2.14. The number of nitrogens with one attached hydrogen (secondary N) is 2. The third kappa shape index (κ3) is 4.02. The highest BCUT2D eigenvalue weighted by Crippen LogP contribution is 2.28. The molecule has 0 saturated carbocycles. The second-order valence-corrected chi connectivity index (χ2v) is 6.94. The maximum atomic E-state index is 13.5. The number of benzene rings is 1. The minimum Gasteiger partial charge on any atom is -0.382 e. The lowest BCUT2D eigenvalue weighted by atomic mass is 10.2. The lowest BCUT2D eigenvalue weighted by molar-refractivity contribution is 0.0959. The van der Waals surface area contributed by atoms with Crippen molar-refractivity contribution in [1.82, 2.24) is 10.3 Å². The molecular formula is C17H13FN4OS2. The first-order chi connectivity index (χ1) is 12.2. The van der Waals surface area contributed by atoms with Gasteiger partial charge in [-0.15, -0.1) is 22.7 Å². The SMILES string of the molecule is N#Cc1c(F)cccc1NCCNC(=O)c1cnc(-c2cccs2)s1. The average molecular weight is 372 g/mol. The van der Waals surface area contributed by atoms with Gasteiger partial charge < -0.3 is 10.6 Å². The van der Waals surface area contributed by atoms with Crippen LogP contribution in [0.4, 0.5) is 10.1 Å². The summed E-state index contributed by atoms with van der Waals surface area (Å²) in [7, 11) is 0. The number of nitrogens with zero attached hydrogens (tertiary/aromatic N) is 2. The molecule has 3 rings (SSSR count). The zero-order valence-corrected chi connectivity index (χ0v) is 14.6. The normalized spacial score (nSPS) is 10.2. The Kier molecular flexibility index (Phi) is 5.38. The Hall–Kier alpha value is -2.76. The van der Waals surface area contributed by atoms with Crippen molar-refractivity contribution in [2.45, 2.75) is 0 Å². The van der Waals surface area contributed by atoms with Gasteiger partial charge in [-0.05, 0) is 23.6 Å². The van der Waals surface area contributed by atoms with Crippen molar-refractivity contribution >= 4 is 34.3 Å². The number of thiophene rings is 1. The summed E-state index contributed by atoms with van der Waals surface area (Å²) >= 11 is 2.91. The molecule has 2 heterocycles. The van der Waals surface area contributed by atoms with Crippen LogP contribution in [0.2, 0.25) is 0 Å². The summed E-state index contributed by atoms with van der Waals surface area (Å²) < 4.78 is 13.5. The van der Waals surface area contributed by atoms with Gasteiger partial charge in [0.05, 0.1) is 16.8 Å². The molecule has 126 valence electrons. The van der Waals surface area contributed by atoms with Crippen molar-refractivity contribution in [2.75, 3.05) is 18.4 Å². The lowest BCUT2D eigenvalue weighted by Gasteiger charge is -2.09. The van der Waals surface area contributed by atoms with E-state index in [0.717, 1.165) is 9.88 Å². The van der Waals surface area contributed by atoms with Crippen molar-refractivity contribution in [1.29, 1.82) is 5.26 Å². The van der Waals surface area contributed by atoms with Gasteiger partial charge in [0.1, 0.15) is 27.3 Å². The van der Waals surface area contributed by atoms with Crippen LogP contribution in [0.1, 0.15) is 15.2 Å². The van der Waals surface area contributed by atoms with E-state index in [2.05, 4.69) is 15.6 Å². The van der Waals surface area contributed by atoms with Crippen LogP contribution in [0.25, 0.3) is 9.88 Å². The predicted molar refractivity (Wildman–Crippen MR) is 97.4 cm³/mol. The molecule has 0 aliphatic carbocycles. The molecule has 0 unspecified atom stereocenters. The van der Waals surface area contributed by atoms with Crippen LogP contribution in [0.5, 0.6) is 0 Å². The summed E-state index contributed by atoms with van der Waals surface area (Å²) in [6.07, 6.45) is 1.56. The standard InChI is InChI=1S/C17H13FN4OS2/c18-12-3-1-4-13(11(12)9-19)20-6-7-21-16(23)15-10-22-17(25-15)14-5-2-8-24-14/h1-5,8,10,20H,6-7H2,(H,21,23). The molecule has 0 saturated heterocycles. The van der Waals surface area contributed by atoms with Crippen LogP contribution in [0, 0.1) is 17.1 Å². The second-order valence-electron chi connectivity index (χ2n) is 4.96. The van der Waals surface area contributed by atoms with Crippen LogP contribution in [0.15, 0.2) is 41.9 Å². The number of thiazole rings is 1. The third-order valence-electron chi connectivity index (χ3n) is 3.31. The molecular weight excluding hydrogens is 359 g/mol. The first kappa shape index (κ1) is 17.1. The number of aromatic nitrogens is 1. The Labute approximate surface area is 151 Å². The zero-order chi connectivity index (χ0) is 17.6. The fourth-order valence-corrected chi connectivity index (χ4v) is 3.78. The molecule has 0 aliphatic heterocycles. The third-order valence-corrected chi connectivity index (χ3v) is 5.35. The molecule has 0 atom stereocenters. The largest absolute Gasteiger partial charge is 0.382 e. The number of hydrogen-bond acceptors (Lipinski definition) is 6. The topological polar surface area (TPSA) is 77.8 Å². The molecule has 3 aromatic rings. The maximum Gasteiger partial charge on any atom is 0.263 e. The molecule has 0 fully saturated rings. The van der Waals surface area contributed by atoms with Gasteiger partial charge in [-0.25, -0.2) is 9.37 Å². The smallest absolute Gasteiger partial charge is 0.263 e. The van der Waals surface area contributed by atoms with E-state index in [9.17, 15) is 9.18 Å². The van der Waals surface area contributed by atoms with E-state index in [1.54, 1.807) is 23.6 Å². The molecule has 0 bridgehead atoms. The average Bonchev–Trinajstić information content (AvgIpc) is 3.29. The number of carbonyl (C=O) groups is 1. The number of rotatable bonds is 6. The molecule has 1 amide bonds. The number of amides is 1. The van der Waals surface area contributed by atoms with E-state index in [-0.39, 0.29) is 11.5 Å². The Morgan fingerprint density at radius 2 is 2.16 bits per heavy atom. The van der Waals surface area contributed by atoms with Gasteiger partial charge in [0.25, 0.3) is 5.91 Å². The minimum atomic E-state index is -0.567. The highest BCUT2D eigenvalue weighted by atomic mass is 32.1. The number of hydrogen-bond donors (Lipinski definition) is 2. The maximum absolute atomic E-state index is 13.5. The van der Waals surface area contributed by atoms with Gasteiger partial charge in [-0.1, -0.05) is 12.1 Å². The summed E-state index contributed by atoms with van der Waals surface area (Å²) in [5.41, 5.74) is 0.381. The molecule has 5 nitrogen and oxygen atoms in total. The first-order valence-corrected chi connectivity index (χ1v) is 9.09. The summed E-state index contributed by atoms with van der Waals surface area (Å²) in [6, 6.07) is 10.1. The van der Waals surface area contributed by atoms with Crippen molar-refractivity contribution in [3.05, 3.63) is 58.2 Å². The number of anilines is 1. The van der Waals surface area contributed by atoms with E-state index in [0.29, 0.717) is 23.7 Å². The number of nitriles is 1. The molecule has 1 aromatic carbocycles. The van der Waals surface area contributed by atoms with Crippen LogP contribution < -0.4 is 10.6 Å². The predicted octanol–water partition coefficient (Wildman–Crippen LogP) is 3.72. The quantitative estimate of drug-likeness (QED) is 0.647. The number of halogens is 1. The first-order valence-electron chi connectivity index (χ1n) is 7.39. The van der Waals surface area contributed by atoms with E-state index < -0.39 is 5.82 Å². The Bertz CT molecular complexity index is 915. The van der Waals surface area contributed by atoms with E-state index >= 15 is 0 Å². The van der Waals surface area contributed by atoms with Crippen LogP contribution in [-0.2, 0) is 0 Å². The summed E-state index contributed by atoms with van der Waals surface area (Å²) in [5, 5.41) is 17.5. The van der Waals surface area contributed by atoms with Gasteiger partial charge in [-0.3, -0.25) is 4.79 Å². The lowest BCUT2D eigenvalue weighted by Crippen LogP contribution is -2.28. The van der Waals surface area contributed by atoms with Gasteiger partial charge in [0, 0.05) is 13.1 Å². The molecule has 25 heavy (non-hydrogen) atoms. The van der Waals surface area contributed by atoms with Crippen LogP contribution in [0.3, 0.4) is 0 Å². The van der Waals surface area contributed by atoms with Crippen molar-refractivity contribution in [2.24, 2.45) is 0 Å². The molecule has 8 heteroatoms. The summed E-state index contributed by atoms with van der Waals surface area (Å²) in [6.45, 7) is 0.715. The van der Waals surface area contributed by atoms with E-state index in [1.807, 2.05) is 23.6 Å². The fraction of sp³-hybridized carbons (Fsp3) is 0.118. The zero-order valence-electron chi connectivity index (χ0n) is 13.0. The van der Waals surface area contributed by atoms with Crippen molar-refractivity contribution < 1.29 is 9.18 Å². The molecule has 0 spiro atoms.